The SMILES string of the molecule is Cc1ccccc1-c1cc(NCCCNS(=O)(=O)c2ccc(S(C)(=O)=O)cc2)nc(N)n1. The van der Waals surface area contributed by atoms with Gasteiger partial charge in [0.25, 0.3) is 0 Å². The van der Waals surface area contributed by atoms with Gasteiger partial charge in [-0.25, -0.2) is 26.5 Å². The molecule has 9 nitrogen and oxygen atoms in total. The number of rotatable bonds is 9. The molecule has 170 valence electrons. The zero-order valence-electron chi connectivity index (χ0n) is 17.7. The van der Waals surface area contributed by atoms with Crippen LogP contribution in [0.2, 0.25) is 0 Å². The first-order valence-electron chi connectivity index (χ1n) is 9.80. The van der Waals surface area contributed by atoms with E-state index in [1.54, 1.807) is 6.07 Å². The maximum absolute atomic E-state index is 12.4. The number of nitrogens with one attached hydrogen (secondary N) is 2. The largest absolute Gasteiger partial charge is 0.370 e. The normalized spacial score (nSPS) is 11.9. The number of aromatic nitrogens is 2. The van der Waals surface area contributed by atoms with Gasteiger partial charge in [-0.1, -0.05) is 24.3 Å². The smallest absolute Gasteiger partial charge is 0.240 e. The van der Waals surface area contributed by atoms with Gasteiger partial charge in [0.15, 0.2) is 9.84 Å². The first kappa shape index (κ1) is 23.6. The Hall–Kier alpha value is -3.02. The standard InChI is InChI=1S/C21H25N5O4S2/c1-15-6-3-4-7-18(15)19-14-20(26-21(22)25-19)23-12-5-13-24-32(29,30)17-10-8-16(9-11-17)31(2,27)28/h3-4,6-11,14,24H,5,12-13H2,1-2H3,(H3,22,23,25,26). The van der Waals surface area contributed by atoms with Crippen LogP contribution < -0.4 is 15.8 Å². The van der Waals surface area contributed by atoms with Crippen molar-refractivity contribution < 1.29 is 16.8 Å². The number of hydrogen-bond acceptors (Lipinski definition) is 8. The highest BCUT2D eigenvalue weighted by atomic mass is 32.2. The molecule has 0 saturated carbocycles. The number of anilines is 2. The topological polar surface area (TPSA) is 144 Å². The molecule has 0 aliphatic carbocycles. The quantitative estimate of drug-likeness (QED) is 0.400. The second-order valence-electron chi connectivity index (χ2n) is 7.23. The van der Waals surface area contributed by atoms with Crippen molar-refractivity contribution in [2.24, 2.45) is 0 Å². The van der Waals surface area contributed by atoms with E-state index in [1.165, 1.54) is 24.3 Å². The van der Waals surface area contributed by atoms with Gasteiger partial charge in [-0.3, -0.25) is 0 Å². The lowest BCUT2D eigenvalue weighted by molar-refractivity contribution is 0.579. The van der Waals surface area contributed by atoms with Crippen molar-refractivity contribution in [1.29, 1.82) is 0 Å². The molecule has 32 heavy (non-hydrogen) atoms. The fraction of sp³-hybridized carbons (Fsp3) is 0.238. The highest BCUT2D eigenvalue weighted by molar-refractivity contribution is 7.90. The Bertz CT molecular complexity index is 1310. The van der Waals surface area contributed by atoms with Crippen molar-refractivity contribution in [2.75, 3.05) is 30.4 Å². The summed E-state index contributed by atoms with van der Waals surface area (Å²) < 4.78 is 50.3. The zero-order valence-corrected chi connectivity index (χ0v) is 19.4. The summed E-state index contributed by atoms with van der Waals surface area (Å²) in [5.74, 6) is 0.696. The Morgan fingerprint density at radius 1 is 0.906 bits per heavy atom. The fourth-order valence-electron chi connectivity index (χ4n) is 3.02. The summed E-state index contributed by atoms with van der Waals surface area (Å²) in [4.78, 5) is 8.54. The molecule has 11 heteroatoms. The number of hydrogen-bond donors (Lipinski definition) is 3. The molecule has 0 fully saturated rings. The average Bonchev–Trinajstić information content (AvgIpc) is 2.73. The molecule has 0 aliphatic heterocycles. The van der Waals surface area contributed by atoms with E-state index in [2.05, 4.69) is 20.0 Å². The second-order valence-corrected chi connectivity index (χ2v) is 11.0. The molecule has 0 spiro atoms. The summed E-state index contributed by atoms with van der Waals surface area (Å²) in [6.45, 7) is 2.63. The van der Waals surface area contributed by atoms with Crippen molar-refractivity contribution in [2.45, 2.75) is 23.1 Å². The van der Waals surface area contributed by atoms with Crippen LogP contribution in [-0.2, 0) is 19.9 Å². The molecule has 0 radical (unpaired) electrons. The lowest BCUT2D eigenvalue weighted by Crippen LogP contribution is -2.26. The van der Waals surface area contributed by atoms with E-state index in [-0.39, 0.29) is 22.3 Å². The average molecular weight is 476 g/mol. The highest BCUT2D eigenvalue weighted by Crippen LogP contribution is 2.23. The van der Waals surface area contributed by atoms with Crippen LogP contribution in [0.4, 0.5) is 11.8 Å². The van der Waals surface area contributed by atoms with E-state index < -0.39 is 19.9 Å². The summed E-state index contributed by atoms with van der Waals surface area (Å²) in [6, 6.07) is 14.7. The Morgan fingerprint density at radius 3 is 2.22 bits per heavy atom. The van der Waals surface area contributed by atoms with Crippen molar-refractivity contribution in [3.63, 3.8) is 0 Å². The fourth-order valence-corrected chi connectivity index (χ4v) is 4.72. The lowest BCUT2D eigenvalue weighted by Gasteiger charge is -2.11. The Balaban J connectivity index is 1.56. The van der Waals surface area contributed by atoms with Crippen LogP contribution in [0.15, 0.2) is 64.4 Å². The number of aryl methyl sites for hydroxylation is 1. The molecule has 0 amide bonds. The monoisotopic (exact) mass is 475 g/mol. The van der Waals surface area contributed by atoms with Gasteiger partial charge >= 0.3 is 0 Å². The van der Waals surface area contributed by atoms with Crippen LogP contribution in [0.25, 0.3) is 11.3 Å². The third-order valence-corrected chi connectivity index (χ3v) is 7.28. The molecule has 0 bridgehead atoms. The minimum Gasteiger partial charge on any atom is -0.370 e. The molecular weight excluding hydrogens is 450 g/mol. The maximum atomic E-state index is 12.4. The van der Waals surface area contributed by atoms with Crippen LogP contribution >= 0.6 is 0 Å². The predicted molar refractivity (Wildman–Crippen MR) is 124 cm³/mol. The van der Waals surface area contributed by atoms with E-state index in [1.807, 2.05) is 31.2 Å². The molecule has 0 saturated heterocycles. The van der Waals surface area contributed by atoms with Gasteiger partial charge in [-0.2, -0.15) is 4.98 Å². The minimum atomic E-state index is -3.74. The summed E-state index contributed by atoms with van der Waals surface area (Å²) in [6.07, 6.45) is 1.56. The molecule has 3 aromatic rings. The van der Waals surface area contributed by atoms with Crippen LogP contribution in [0, 0.1) is 6.92 Å². The van der Waals surface area contributed by atoms with E-state index >= 15 is 0 Å². The van der Waals surface area contributed by atoms with Gasteiger partial charge in [0.05, 0.1) is 15.5 Å². The maximum Gasteiger partial charge on any atom is 0.240 e. The molecule has 0 atom stereocenters. The molecule has 1 heterocycles. The Labute approximate surface area is 188 Å². The van der Waals surface area contributed by atoms with E-state index in [4.69, 9.17) is 5.73 Å². The summed E-state index contributed by atoms with van der Waals surface area (Å²) >= 11 is 0. The molecule has 4 N–H and O–H groups in total. The van der Waals surface area contributed by atoms with Gasteiger partial charge in [0, 0.05) is 31.0 Å². The highest BCUT2D eigenvalue weighted by Gasteiger charge is 2.15. The molecule has 3 rings (SSSR count). The first-order chi connectivity index (χ1) is 15.1. The summed E-state index contributed by atoms with van der Waals surface area (Å²) in [5, 5.41) is 3.13. The predicted octanol–water partition coefficient (Wildman–Crippen LogP) is 2.22. The molecular formula is C21H25N5O4S2. The van der Waals surface area contributed by atoms with Crippen LogP contribution in [0.5, 0.6) is 0 Å². The number of sulfonamides is 1. The minimum absolute atomic E-state index is 0.00399. The van der Waals surface area contributed by atoms with Gasteiger partial charge in [-0.05, 0) is 43.2 Å². The number of nitrogen functional groups attached to an aromatic ring is 1. The molecule has 0 unspecified atom stereocenters. The zero-order chi connectivity index (χ0) is 23.4. The first-order valence-corrected chi connectivity index (χ1v) is 13.2. The van der Waals surface area contributed by atoms with Gasteiger partial charge in [0.1, 0.15) is 5.82 Å². The number of sulfone groups is 1. The summed E-state index contributed by atoms with van der Waals surface area (Å²) in [5.41, 5.74) is 8.57. The van der Waals surface area contributed by atoms with Gasteiger partial charge in [-0.15, -0.1) is 0 Å². The van der Waals surface area contributed by atoms with Crippen molar-refractivity contribution in [1.82, 2.24) is 14.7 Å². The van der Waals surface area contributed by atoms with Gasteiger partial charge < -0.3 is 11.1 Å². The molecule has 0 aliphatic rings. The number of nitrogens with zero attached hydrogens (tertiary/aromatic N) is 2. The van der Waals surface area contributed by atoms with Crippen LogP contribution in [0.1, 0.15) is 12.0 Å². The molecule has 1 aromatic heterocycles. The van der Waals surface area contributed by atoms with E-state index in [0.29, 0.717) is 24.5 Å². The lowest BCUT2D eigenvalue weighted by atomic mass is 10.1. The number of nitrogens with two attached hydrogens (primary N) is 1. The van der Waals surface area contributed by atoms with Crippen molar-refractivity contribution in [3.05, 3.63) is 60.2 Å². The van der Waals surface area contributed by atoms with Crippen molar-refractivity contribution in [3.8, 4) is 11.3 Å². The van der Waals surface area contributed by atoms with Crippen LogP contribution in [0.3, 0.4) is 0 Å². The third kappa shape index (κ3) is 6.02. The second kappa shape index (κ2) is 9.63. The van der Waals surface area contributed by atoms with Gasteiger partial charge in [0.2, 0.25) is 16.0 Å². The van der Waals surface area contributed by atoms with E-state index in [0.717, 1.165) is 17.4 Å². The third-order valence-electron chi connectivity index (χ3n) is 4.68. The summed E-state index contributed by atoms with van der Waals surface area (Å²) in [7, 11) is -7.13. The Kier molecular flexibility index (Phi) is 7.12. The van der Waals surface area contributed by atoms with Crippen molar-refractivity contribution >= 4 is 31.6 Å². The van der Waals surface area contributed by atoms with Crippen LogP contribution in [-0.4, -0.2) is 46.1 Å². The van der Waals surface area contributed by atoms with E-state index in [9.17, 15) is 16.8 Å². The number of benzene rings is 2. The Morgan fingerprint density at radius 2 is 1.56 bits per heavy atom. The molecule has 2 aromatic carbocycles.